The molecule has 0 amide bonds. The summed E-state index contributed by atoms with van der Waals surface area (Å²) in [5.41, 5.74) is 1.06. The van der Waals surface area contributed by atoms with E-state index in [2.05, 4.69) is 10.1 Å². The molecule has 82 valence electrons. The summed E-state index contributed by atoms with van der Waals surface area (Å²) in [6, 6.07) is 7.79. The first-order chi connectivity index (χ1) is 7.88. The molecule has 1 aromatic heterocycles. The van der Waals surface area contributed by atoms with Gasteiger partial charge in [-0.2, -0.15) is 4.98 Å². The minimum atomic E-state index is -0.234. The summed E-state index contributed by atoms with van der Waals surface area (Å²) in [4.78, 5) is 4.10. The Morgan fingerprint density at radius 2 is 2.25 bits per heavy atom. The molecule has 5 nitrogen and oxygen atoms in total. The lowest BCUT2D eigenvalue weighted by Gasteiger charge is -2.01. The van der Waals surface area contributed by atoms with Crippen LogP contribution < -0.4 is 4.74 Å². The van der Waals surface area contributed by atoms with E-state index in [9.17, 15) is 0 Å². The van der Waals surface area contributed by atoms with Crippen molar-refractivity contribution in [1.82, 2.24) is 10.1 Å². The lowest BCUT2D eigenvalue weighted by Crippen LogP contribution is -2.04. The molecular formula is C11H10N2O3. The highest BCUT2D eigenvalue weighted by Gasteiger charge is 2.29. The van der Waals surface area contributed by atoms with Gasteiger partial charge >= 0.3 is 0 Å². The van der Waals surface area contributed by atoms with Crippen LogP contribution in [0, 0.1) is 0 Å². The van der Waals surface area contributed by atoms with E-state index in [1.807, 2.05) is 24.3 Å². The minimum Gasteiger partial charge on any atom is -0.492 e. The standard InChI is InChI=1S/C11H10N2O3/c14-5-10-12-11(13-16-10)8-6-15-9-4-2-1-3-7(8)9/h1-4,8,14H,5-6H2. The van der Waals surface area contributed by atoms with E-state index in [0.29, 0.717) is 12.4 Å². The smallest absolute Gasteiger partial charge is 0.252 e. The maximum absolute atomic E-state index is 8.86. The third-order valence-electron chi connectivity index (χ3n) is 2.63. The Hall–Kier alpha value is -1.88. The van der Waals surface area contributed by atoms with Gasteiger partial charge in [0.2, 0.25) is 0 Å². The van der Waals surface area contributed by atoms with Crippen molar-refractivity contribution < 1.29 is 14.4 Å². The van der Waals surface area contributed by atoms with Gasteiger partial charge < -0.3 is 14.4 Å². The second-order valence-corrected chi connectivity index (χ2v) is 3.61. The zero-order chi connectivity index (χ0) is 11.0. The van der Waals surface area contributed by atoms with Gasteiger partial charge in [0.25, 0.3) is 5.89 Å². The van der Waals surface area contributed by atoms with Crippen LogP contribution in [0.1, 0.15) is 23.2 Å². The van der Waals surface area contributed by atoms with Gasteiger partial charge in [-0.25, -0.2) is 0 Å². The number of aromatic nitrogens is 2. The predicted octanol–water partition coefficient (Wildman–Crippen LogP) is 1.09. The molecule has 0 radical (unpaired) electrons. The van der Waals surface area contributed by atoms with Crippen LogP contribution in [0.15, 0.2) is 28.8 Å². The Kier molecular flexibility index (Phi) is 2.11. The summed E-state index contributed by atoms with van der Waals surface area (Å²) in [5, 5.41) is 12.7. The lowest BCUT2D eigenvalue weighted by molar-refractivity contribution is 0.222. The molecule has 1 N–H and O–H groups in total. The quantitative estimate of drug-likeness (QED) is 0.817. The molecule has 0 aliphatic carbocycles. The van der Waals surface area contributed by atoms with Gasteiger partial charge in [-0.05, 0) is 6.07 Å². The molecule has 5 heteroatoms. The highest BCUT2D eigenvalue weighted by Crippen LogP contribution is 2.36. The maximum atomic E-state index is 8.86. The van der Waals surface area contributed by atoms with Gasteiger partial charge in [-0.3, -0.25) is 0 Å². The number of nitrogens with zero attached hydrogens (tertiary/aromatic N) is 2. The highest BCUT2D eigenvalue weighted by atomic mass is 16.5. The normalized spacial score (nSPS) is 18.2. The van der Waals surface area contributed by atoms with Gasteiger partial charge in [0.15, 0.2) is 5.82 Å². The number of rotatable bonds is 2. The van der Waals surface area contributed by atoms with Crippen molar-refractivity contribution in [2.45, 2.75) is 12.5 Å². The molecule has 1 aromatic carbocycles. The van der Waals surface area contributed by atoms with Crippen molar-refractivity contribution in [2.75, 3.05) is 6.61 Å². The fraction of sp³-hybridized carbons (Fsp3) is 0.273. The van der Waals surface area contributed by atoms with E-state index in [1.54, 1.807) is 0 Å². The van der Waals surface area contributed by atoms with Crippen molar-refractivity contribution in [3.63, 3.8) is 0 Å². The van der Waals surface area contributed by atoms with E-state index < -0.39 is 0 Å². The summed E-state index contributed by atoms with van der Waals surface area (Å²) < 4.78 is 10.4. The van der Waals surface area contributed by atoms with Gasteiger partial charge in [-0.1, -0.05) is 23.4 Å². The molecule has 1 aliphatic rings. The molecule has 0 saturated carbocycles. The fourth-order valence-electron chi connectivity index (χ4n) is 1.85. The number of para-hydroxylation sites is 1. The number of hydrogen-bond acceptors (Lipinski definition) is 5. The fourth-order valence-corrected chi connectivity index (χ4v) is 1.85. The first kappa shape index (κ1) is 9.35. The molecule has 0 fully saturated rings. The SMILES string of the molecule is OCc1nc(C2COc3ccccc32)no1. The highest BCUT2D eigenvalue weighted by molar-refractivity contribution is 5.42. The van der Waals surface area contributed by atoms with Gasteiger partial charge in [0.1, 0.15) is 19.0 Å². The minimum absolute atomic E-state index is 0.000231. The van der Waals surface area contributed by atoms with E-state index in [-0.39, 0.29) is 18.4 Å². The Balaban J connectivity index is 1.98. The Bertz CT molecular complexity index is 509. The average Bonchev–Trinajstić information content (AvgIpc) is 2.94. The number of aliphatic hydroxyl groups is 1. The van der Waals surface area contributed by atoms with Crippen LogP contribution in [0.25, 0.3) is 0 Å². The lowest BCUT2D eigenvalue weighted by atomic mass is 10.0. The van der Waals surface area contributed by atoms with Crippen LogP contribution in [0.3, 0.4) is 0 Å². The molecule has 16 heavy (non-hydrogen) atoms. The van der Waals surface area contributed by atoms with E-state index >= 15 is 0 Å². The zero-order valence-corrected chi connectivity index (χ0v) is 8.46. The first-order valence-electron chi connectivity index (χ1n) is 5.03. The van der Waals surface area contributed by atoms with Crippen LogP contribution in [-0.2, 0) is 6.61 Å². The topological polar surface area (TPSA) is 68.4 Å². The number of hydrogen-bond donors (Lipinski definition) is 1. The first-order valence-corrected chi connectivity index (χ1v) is 5.03. The summed E-state index contributed by atoms with van der Waals surface area (Å²) >= 11 is 0. The second-order valence-electron chi connectivity index (χ2n) is 3.61. The zero-order valence-electron chi connectivity index (χ0n) is 8.46. The van der Waals surface area contributed by atoms with Crippen molar-refractivity contribution in [2.24, 2.45) is 0 Å². The molecule has 2 heterocycles. The molecule has 3 rings (SSSR count). The largest absolute Gasteiger partial charge is 0.492 e. The predicted molar refractivity (Wildman–Crippen MR) is 54.0 cm³/mol. The number of ether oxygens (including phenoxy) is 1. The summed E-state index contributed by atoms with van der Waals surface area (Å²) in [5.74, 6) is 1.66. The van der Waals surface area contributed by atoms with Crippen molar-refractivity contribution in [3.05, 3.63) is 41.5 Å². The third-order valence-corrected chi connectivity index (χ3v) is 2.63. The molecule has 0 saturated heterocycles. The molecule has 1 aliphatic heterocycles. The Morgan fingerprint density at radius 3 is 3.06 bits per heavy atom. The molecule has 0 spiro atoms. The molecule has 1 atom stereocenters. The Morgan fingerprint density at radius 1 is 1.38 bits per heavy atom. The number of fused-ring (bicyclic) bond motifs is 1. The molecule has 1 unspecified atom stereocenters. The van der Waals surface area contributed by atoms with Crippen LogP contribution in [-0.4, -0.2) is 21.9 Å². The van der Waals surface area contributed by atoms with E-state index in [1.165, 1.54) is 0 Å². The van der Waals surface area contributed by atoms with E-state index in [4.69, 9.17) is 14.4 Å². The third kappa shape index (κ3) is 1.37. The van der Waals surface area contributed by atoms with Crippen LogP contribution >= 0.6 is 0 Å². The summed E-state index contributed by atoms with van der Waals surface area (Å²) in [6.07, 6.45) is 0. The summed E-state index contributed by atoms with van der Waals surface area (Å²) in [7, 11) is 0. The van der Waals surface area contributed by atoms with Gasteiger partial charge in [0, 0.05) is 5.56 Å². The van der Waals surface area contributed by atoms with Gasteiger partial charge in [-0.15, -0.1) is 0 Å². The molecule has 2 aromatic rings. The summed E-state index contributed by atoms with van der Waals surface area (Å²) in [6.45, 7) is 0.284. The van der Waals surface area contributed by atoms with Crippen LogP contribution in [0.5, 0.6) is 5.75 Å². The van der Waals surface area contributed by atoms with E-state index in [0.717, 1.165) is 11.3 Å². The van der Waals surface area contributed by atoms with Gasteiger partial charge in [0.05, 0.1) is 5.92 Å². The molecule has 0 bridgehead atoms. The second kappa shape index (κ2) is 3.61. The van der Waals surface area contributed by atoms with Crippen molar-refractivity contribution in [3.8, 4) is 5.75 Å². The van der Waals surface area contributed by atoms with Crippen molar-refractivity contribution >= 4 is 0 Å². The van der Waals surface area contributed by atoms with Crippen LogP contribution in [0.4, 0.5) is 0 Å². The average molecular weight is 218 g/mol. The number of benzene rings is 1. The maximum Gasteiger partial charge on any atom is 0.252 e. The number of aliphatic hydroxyl groups excluding tert-OH is 1. The Labute approximate surface area is 91.7 Å². The van der Waals surface area contributed by atoms with Crippen molar-refractivity contribution in [1.29, 1.82) is 0 Å². The van der Waals surface area contributed by atoms with Crippen LogP contribution in [0.2, 0.25) is 0 Å². The monoisotopic (exact) mass is 218 g/mol. The molecular weight excluding hydrogens is 208 g/mol.